The van der Waals surface area contributed by atoms with Crippen LogP contribution in [0.5, 0.6) is 0 Å². The number of hydrogen-bond acceptors (Lipinski definition) is 7. The number of anilines is 1. The molecule has 3 aromatic rings. The van der Waals surface area contributed by atoms with Gasteiger partial charge in [0.15, 0.2) is 0 Å². The van der Waals surface area contributed by atoms with E-state index in [0.29, 0.717) is 32.8 Å². The molecule has 12 heteroatoms. The molecule has 0 bridgehead atoms. The van der Waals surface area contributed by atoms with Crippen LogP contribution >= 0.6 is 0 Å². The highest BCUT2D eigenvalue weighted by molar-refractivity contribution is 5.88. The number of benzene rings is 1. The van der Waals surface area contributed by atoms with E-state index in [9.17, 15) is 23.1 Å². The molecule has 0 saturated carbocycles. The van der Waals surface area contributed by atoms with E-state index in [2.05, 4.69) is 25.9 Å². The Kier molecular flexibility index (Phi) is 8.30. The number of amides is 1. The quantitative estimate of drug-likeness (QED) is 0.484. The average molecular weight is 521 g/mol. The van der Waals surface area contributed by atoms with Crippen molar-refractivity contribution in [2.75, 3.05) is 37.7 Å². The molecule has 1 aromatic carbocycles. The van der Waals surface area contributed by atoms with Gasteiger partial charge in [0.1, 0.15) is 17.8 Å². The minimum atomic E-state index is -4.37. The third-order valence-corrected chi connectivity index (χ3v) is 6.58. The Bertz CT molecular complexity index is 1200. The molecule has 2 aromatic heterocycles. The normalized spacial score (nSPS) is 22.4. The summed E-state index contributed by atoms with van der Waals surface area (Å²) >= 11 is 0. The number of carbonyl (C=O) groups is 1. The number of rotatable bonds is 4. The molecule has 0 radical (unpaired) electrons. The number of hydrogen-bond donors (Lipinski definition) is 3. The summed E-state index contributed by atoms with van der Waals surface area (Å²) in [4.78, 5) is 20.3. The van der Waals surface area contributed by atoms with Gasteiger partial charge >= 0.3 is 6.18 Å². The van der Waals surface area contributed by atoms with Gasteiger partial charge in [0.25, 0.3) is 0 Å². The highest BCUT2D eigenvalue weighted by atomic mass is 19.4. The lowest BCUT2D eigenvalue weighted by Gasteiger charge is -2.37. The Labute approximate surface area is 212 Å². The first-order valence-corrected chi connectivity index (χ1v) is 12.1. The van der Waals surface area contributed by atoms with Gasteiger partial charge in [0.2, 0.25) is 5.91 Å². The van der Waals surface area contributed by atoms with Gasteiger partial charge in [-0.05, 0) is 36.7 Å². The molecular weight excluding hydrogens is 489 g/mol. The summed E-state index contributed by atoms with van der Waals surface area (Å²) in [5.74, 6) is 0.543. The summed E-state index contributed by atoms with van der Waals surface area (Å²) in [6.07, 6.45) is -0.401. The number of aromatic nitrogens is 3. The van der Waals surface area contributed by atoms with E-state index in [-0.39, 0.29) is 17.9 Å². The number of fused-ring (bicyclic) bond motifs is 1. The van der Waals surface area contributed by atoms with E-state index in [1.165, 1.54) is 25.4 Å². The monoisotopic (exact) mass is 520 g/mol. The van der Waals surface area contributed by atoms with E-state index in [4.69, 9.17) is 4.74 Å². The van der Waals surface area contributed by atoms with Gasteiger partial charge in [-0.25, -0.2) is 9.97 Å². The molecule has 2 fully saturated rings. The van der Waals surface area contributed by atoms with Crippen LogP contribution in [-0.4, -0.2) is 64.5 Å². The number of nitrogens with one attached hydrogen (secondary N) is 1. The number of aliphatic hydroxyl groups excluding tert-OH is 1. The largest absolute Gasteiger partial charge is 0.416 e. The van der Waals surface area contributed by atoms with Crippen molar-refractivity contribution in [3.05, 3.63) is 54.0 Å². The molecule has 3 atom stereocenters. The summed E-state index contributed by atoms with van der Waals surface area (Å²) in [5.41, 5.74) is 5.33. The second-order valence-electron chi connectivity index (χ2n) is 9.24. The minimum absolute atomic E-state index is 0.142. The molecule has 2 aliphatic heterocycles. The van der Waals surface area contributed by atoms with Crippen molar-refractivity contribution in [2.24, 2.45) is 11.7 Å². The summed E-state index contributed by atoms with van der Waals surface area (Å²) in [5, 5.41) is 14.4. The lowest BCUT2D eigenvalue weighted by Crippen LogP contribution is -2.42. The van der Waals surface area contributed by atoms with Crippen LogP contribution in [0.15, 0.2) is 42.9 Å². The van der Waals surface area contributed by atoms with Crippen LogP contribution < -0.4 is 16.0 Å². The molecule has 0 unspecified atom stereocenters. The number of carbonyl (C=O) groups excluding carboxylic acids is 1. The van der Waals surface area contributed by atoms with Gasteiger partial charge in [0.05, 0.1) is 36.3 Å². The van der Waals surface area contributed by atoms with Crippen molar-refractivity contribution < 1.29 is 27.8 Å². The molecule has 2 aliphatic rings. The summed E-state index contributed by atoms with van der Waals surface area (Å²) in [6, 6.07) is 6.96. The van der Waals surface area contributed by atoms with E-state index >= 15 is 0 Å². The number of ether oxygens (including phenoxy) is 1. The second-order valence-corrected chi connectivity index (χ2v) is 9.24. The fourth-order valence-corrected chi connectivity index (χ4v) is 4.76. The Morgan fingerprint density at radius 2 is 1.97 bits per heavy atom. The SMILES string of the molecule is CC(N)=O.O[C@@H]1CNCC[C@H]1Cn1ccc2c(N3CCOC[C@@H]3c3ccc(C(F)(F)F)cc3)ncnc21. The van der Waals surface area contributed by atoms with Gasteiger partial charge in [0, 0.05) is 38.7 Å². The van der Waals surface area contributed by atoms with Gasteiger partial charge in [-0.2, -0.15) is 13.2 Å². The summed E-state index contributed by atoms with van der Waals surface area (Å²) in [7, 11) is 0. The fourth-order valence-electron chi connectivity index (χ4n) is 4.76. The molecular formula is C25H31F3N6O3. The molecule has 37 heavy (non-hydrogen) atoms. The second kappa shape index (κ2) is 11.4. The number of morpholine rings is 1. The van der Waals surface area contributed by atoms with Crippen LogP contribution in [0.4, 0.5) is 19.0 Å². The lowest BCUT2D eigenvalue weighted by atomic mass is 9.95. The third-order valence-electron chi connectivity index (χ3n) is 6.58. The molecule has 0 spiro atoms. The Hall–Kier alpha value is -3.22. The van der Waals surface area contributed by atoms with Crippen molar-refractivity contribution in [2.45, 2.75) is 38.2 Å². The van der Waals surface area contributed by atoms with Gasteiger partial charge in [-0.15, -0.1) is 0 Å². The molecule has 5 rings (SSSR count). The maximum atomic E-state index is 13.0. The summed E-state index contributed by atoms with van der Waals surface area (Å²) < 4.78 is 46.7. The molecule has 200 valence electrons. The van der Waals surface area contributed by atoms with Crippen LogP contribution in [0.25, 0.3) is 11.0 Å². The van der Waals surface area contributed by atoms with Crippen LogP contribution in [0, 0.1) is 5.92 Å². The van der Waals surface area contributed by atoms with Crippen molar-refractivity contribution in [3.63, 3.8) is 0 Å². The first kappa shape index (κ1) is 26.8. The van der Waals surface area contributed by atoms with Gasteiger partial charge in [-0.1, -0.05) is 12.1 Å². The predicted molar refractivity (Wildman–Crippen MR) is 132 cm³/mol. The van der Waals surface area contributed by atoms with Crippen molar-refractivity contribution in [1.29, 1.82) is 0 Å². The van der Waals surface area contributed by atoms with Gasteiger partial charge < -0.3 is 30.4 Å². The topological polar surface area (TPSA) is 119 Å². The number of nitrogens with zero attached hydrogens (tertiary/aromatic N) is 4. The van der Waals surface area contributed by atoms with Crippen molar-refractivity contribution in [3.8, 4) is 0 Å². The highest BCUT2D eigenvalue weighted by Crippen LogP contribution is 2.35. The van der Waals surface area contributed by atoms with E-state index < -0.39 is 17.8 Å². The smallest absolute Gasteiger partial charge is 0.391 e. The first-order valence-electron chi connectivity index (χ1n) is 12.1. The Morgan fingerprint density at radius 1 is 1.24 bits per heavy atom. The predicted octanol–water partition coefficient (Wildman–Crippen LogP) is 2.49. The molecule has 2 saturated heterocycles. The zero-order valence-corrected chi connectivity index (χ0v) is 20.5. The Balaban J connectivity index is 0.000000747. The zero-order valence-electron chi connectivity index (χ0n) is 20.5. The number of β-amino-alcohol motifs (C(OH)–C–C–N with tert-alkyl or cyclic N) is 1. The maximum Gasteiger partial charge on any atom is 0.416 e. The Morgan fingerprint density at radius 3 is 2.65 bits per heavy atom. The molecule has 0 aliphatic carbocycles. The maximum absolute atomic E-state index is 13.0. The van der Waals surface area contributed by atoms with E-state index in [0.717, 1.165) is 47.5 Å². The highest BCUT2D eigenvalue weighted by Gasteiger charge is 2.32. The minimum Gasteiger partial charge on any atom is -0.391 e. The zero-order chi connectivity index (χ0) is 26.6. The average Bonchev–Trinajstić information content (AvgIpc) is 3.28. The van der Waals surface area contributed by atoms with Gasteiger partial charge in [-0.3, -0.25) is 4.79 Å². The number of piperidine rings is 1. The van der Waals surface area contributed by atoms with Crippen LogP contribution in [0.1, 0.15) is 30.5 Å². The van der Waals surface area contributed by atoms with Crippen LogP contribution in [0.3, 0.4) is 0 Å². The number of aliphatic hydroxyl groups is 1. The van der Waals surface area contributed by atoms with Crippen LogP contribution in [0.2, 0.25) is 0 Å². The van der Waals surface area contributed by atoms with Crippen molar-refractivity contribution >= 4 is 22.8 Å². The third kappa shape index (κ3) is 6.38. The number of halogens is 3. The standard InChI is InChI=1S/C23H26F3N5O2.C2H5NO/c24-23(25,26)17-3-1-15(2-4-17)19-13-33-10-9-31(19)22-18-6-8-30(21(18)28-14-29-22)12-16-5-7-27-11-20(16)32;1-2(3)4/h1-4,6,8,14,16,19-20,27,32H,5,7,9-13H2;1H3,(H2,3,4)/t16-,19+,20+;/m0./s1. The summed E-state index contributed by atoms with van der Waals surface area (Å²) in [6.45, 7) is 4.87. The van der Waals surface area contributed by atoms with Crippen molar-refractivity contribution in [1.82, 2.24) is 19.9 Å². The number of nitrogens with two attached hydrogens (primary N) is 1. The molecule has 4 N–H and O–H groups in total. The molecule has 9 nitrogen and oxygen atoms in total. The molecule has 4 heterocycles. The number of primary amides is 1. The van der Waals surface area contributed by atoms with Crippen LogP contribution in [-0.2, 0) is 22.3 Å². The molecule has 1 amide bonds. The first-order chi connectivity index (χ1) is 17.6. The van der Waals surface area contributed by atoms with E-state index in [1.54, 1.807) is 0 Å². The van der Waals surface area contributed by atoms with E-state index in [1.807, 2.05) is 16.8 Å². The lowest BCUT2D eigenvalue weighted by molar-refractivity contribution is -0.137. The number of alkyl halides is 3. The fraction of sp³-hybridized carbons (Fsp3) is 0.480.